The lowest BCUT2D eigenvalue weighted by atomic mass is 9.94. The molecule has 19 heavy (non-hydrogen) atoms. The van der Waals surface area contributed by atoms with Gasteiger partial charge in [-0.1, -0.05) is 33.1 Å². The van der Waals surface area contributed by atoms with Crippen LogP contribution >= 0.6 is 11.3 Å². The van der Waals surface area contributed by atoms with E-state index in [2.05, 4.69) is 29.0 Å². The van der Waals surface area contributed by atoms with Gasteiger partial charge < -0.3 is 5.32 Å². The maximum Gasteiger partial charge on any atom is 0.182 e. The van der Waals surface area contributed by atoms with Crippen LogP contribution in [0.1, 0.15) is 57.2 Å². The molecule has 0 saturated heterocycles. The molecule has 1 aromatic rings. The molecule has 0 aliphatic heterocycles. The van der Waals surface area contributed by atoms with Crippen molar-refractivity contribution in [2.24, 2.45) is 0 Å². The van der Waals surface area contributed by atoms with Crippen LogP contribution in [-0.2, 0) is 6.54 Å². The first-order chi connectivity index (χ1) is 9.33. The van der Waals surface area contributed by atoms with E-state index in [1.165, 1.54) is 37.0 Å². The molecule has 0 bridgehead atoms. The summed E-state index contributed by atoms with van der Waals surface area (Å²) in [5, 5.41) is 4.45. The molecule has 1 aliphatic rings. The fourth-order valence-corrected chi connectivity index (χ4v) is 3.70. The summed E-state index contributed by atoms with van der Waals surface area (Å²) in [6.07, 6.45) is 10.2. The standard InChI is InChI=1S/C15H27N3S/c1-3-10-16-15-17-11-14(19-15)12-18(4-2)13-8-6-5-7-9-13/h11,13H,3-10,12H2,1-2H3,(H,16,17). The van der Waals surface area contributed by atoms with Gasteiger partial charge in [0, 0.05) is 30.2 Å². The van der Waals surface area contributed by atoms with Crippen molar-refractivity contribution in [3.8, 4) is 0 Å². The molecule has 1 saturated carbocycles. The maximum atomic E-state index is 4.47. The molecule has 0 radical (unpaired) electrons. The largest absolute Gasteiger partial charge is 0.362 e. The third kappa shape index (κ3) is 4.46. The summed E-state index contributed by atoms with van der Waals surface area (Å²) in [4.78, 5) is 8.50. The highest BCUT2D eigenvalue weighted by Gasteiger charge is 2.20. The van der Waals surface area contributed by atoms with E-state index in [-0.39, 0.29) is 0 Å². The van der Waals surface area contributed by atoms with Gasteiger partial charge in [-0.2, -0.15) is 0 Å². The van der Waals surface area contributed by atoms with Crippen molar-refractivity contribution in [3.63, 3.8) is 0 Å². The van der Waals surface area contributed by atoms with Gasteiger partial charge in [0.05, 0.1) is 0 Å². The zero-order valence-electron chi connectivity index (χ0n) is 12.3. The van der Waals surface area contributed by atoms with Gasteiger partial charge in [-0.3, -0.25) is 4.90 Å². The van der Waals surface area contributed by atoms with E-state index in [0.29, 0.717) is 0 Å². The van der Waals surface area contributed by atoms with Crippen LogP contribution in [0.15, 0.2) is 6.20 Å². The maximum absolute atomic E-state index is 4.47. The van der Waals surface area contributed by atoms with Gasteiger partial charge in [-0.05, 0) is 25.8 Å². The monoisotopic (exact) mass is 281 g/mol. The Morgan fingerprint density at radius 2 is 2.11 bits per heavy atom. The molecule has 4 heteroatoms. The van der Waals surface area contributed by atoms with E-state index in [4.69, 9.17) is 0 Å². The predicted octanol–water partition coefficient (Wildman–Crippen LogP) is 4.12. The van der Waals surface area contributed by atoms with Crippen LogP contribution < -0.4 is 5.32 Å². The number of thiazole rings is 1. The summed E-state index contributed by atoms with van der Waals surface area (Å²) in [6, 6.07) is 0.799. The molecule has 0 spiro atoms. The number of hydrogen-bond acceptors (Lipinski definition) is 4. The topological polar surface area (TPSA) is 28.2 Å². The van der Waals surface area contributed by atoms with Crippen molar-refractivity contribution in [1.82, 2.24) is 9.88 Å². The van der Waals surface area contributed by atoms with Crippen LogP contribution in [0.25, 0.3) is 0 Å². The Bertz CT molecular complexity index is 358. The third-order valence-corrected chi connectivity index (χ3v) is 4.88. The van der Waals surface area contributed by atoms with Crippen molar-refractivity contribution in [2.45, 2.75) is 65.0 Å². The van der Waals surface area contributed by atoms with E-state index in [1.807, 2.05) is 17.5 Å². The molecule has 0 atom stereocenters. The van der Waals surface area contributed by atoms with E-state index < -0.39 is 0 Å². The Morgan fingerprint density at radius 3 is 2.79 bits per heavy atom. The summed E-state index contributed by atoms with van der Waals surface area (Å²) in [7, 11) is 0. The van der Waals surface area contributed by atoms with E-state index in [9.17, 15) is 0 Å². The second-order valence-corrected chi connectivity index (χ2v) is 6.53. The average Bonchev–Trinajstić information content (AvgIpc) is 2.91. The molecular weight excluding hydrogens is 254 g/mol. The molecule has 1 aromatic heterocycles. The van der Waals surface area contributed by atoms with Gasteiger partial charge in [-0.25, -0.2) is 4.98 Å². The summed E-state index contributed by atoms with van der Waals surface area (Å²) in [5.41, 5.74) is 0. The molecule has 0 amide bonds. The number of nitrogens with zero attached hydrogens (tertiary/aromatic N) is 2. The normalized spacial score (nSPS) is 17.0. The fourth-order valence-electron chi connectivity index (χ4n) is 2.84. The Balaban J connectivity index is 1.88. The Labute approximate surface area is 121 Å². The number of aromatic nitrogens is 1. The zero-order valence-corrected chi connectivity index (χ0v) is 13.1. The lowest BCUT2D eigenvalue weighted by Crippen LogP contribution is -2.35. The van der Waals surface area contributed by atoms with Crippen LogP contribution in [-0.4, -0.2) is 29.0 Å². The zero-order chi connectivity index (χ0) is 13.5. The average molecular weight is 281 g/mol. The van der Waals surface area contributed by atoms with Crippen molar-refractivity contribution < 1.29 is 0 Å². The third-order valence-electron chi connectivity index (χ3n) is 3.94. The Kier molecular flexibility index (Phi) is 6.11. The minimum absolute atomic E-state index is 0.799. The molecule has 3 nitrogen and oxygen atoms in total. The highest BCUT2D eigenvalue weighted by molar-refractivity contribution is 7.15. The molecule has 0 unspecified atom stereocenters. The first-order valence-corrected chi connectivity index (χ1v) is 8.57. The van der Waals surface area contributed by atoms with Crippen molar-refractivity contribution in [2.75, 3.05) is 18.4 Å². The molecule has 1 fully saturated rings. The van der Waals surface area contributed by atoms with Crippen LogP contribution in [0.5, 0.6) is 0 Å². The van der Waals surface area contributed by atoms with E-state index in [1.54, 1.807) is 0 Å². The minimum Gasteiger partial charge on any atom is -0.362 e. The van der Waals surface area contributed by atoms with E-state index >= 15 is 0 Å². The summed E-state index contributed by atoms with van der Waals surface area (Å²) >= 11 is 1.82. The van der Waals surface area contributed by atoms with Crippen molar-refractivity contribution in [3.05, 3.63) is 11.1 Å². The summed E-state index contributed by atoms with van der Waals surface area (Å²) in [5.74, 6) is 0. The first kappa shape index (κ1) is 14.8. The van der Waals surface area contributed by atoms with Gasteiger partial charge >= 0.3 is 0 Å². The van der Waals surface area contributed by atoms with Crippen molar-refractivity contribution >= 4 is 16.5 Å². The molecule has 1 N–H and O–H groups in total. The molecule has 108 valence electrons. The fraction of sp³-hybridized carbons (Fsp3) is 0.800. The Hall–Kier alpha value is -0.610. The molecule has 2 rings (SSSR count). The molecular formula is C15H27N3S. The number of anilines is 1. The van der Waals surface area contributed by atoms with Gasteiger partial charge in [-0.15, -0.1) is 11.3 Å². The minimum atomic E-state index is 0.799. The van der Waals surface area contributed by atoms with Gasteiger partial charge in [0.1, 0.15) is 0 Å². The lowest BCUT2D eigenvalue weighted by Gasteiger charge is -2.33. The van der Waals surface area contributed by atoms with Crippen LogP contribution in [0, 0.1) is 0 Å². The van der Waals surface area contributed by atoms with Gasteiger partial charge in [0.15, 0.2) is 5.13 Å². The quantitative estimate of drug-likeness (QED) is 0.815. The van der Waals surface area contributed by atoms with E-state index in [0.717, 1.165) is 37.2 Å². The molecule has 1 heterocycles. The second kappa shape index (κ2) is 7.85. The first-order valence-electron chi connectivity index (χ1n) is 7.76. The van der Waals surface area contributed by atoms with Gasteiger partial charge in [0.2, 0.25) is 0 Å². The molecule has 1 aliphatic carbocycles. The number of nitrogens with one attached hydrogen (secondary N) is 1. The van der Waals surface area contributed by atoms with Crippen LogP contribution in [0.2, 0.25) is 0 Å². The number of rotatable bonds is 7. The van der Waals surface area contributed by atoms with Gasteiger partial charge in [0.25, 0.3) is 0 Å². The smallest absolute Gasteiger partial charge is 0.182 e. The Morgan fingerprint density at radius 1 is 1.32 bits per heavy atom. The summed E-state index contributed by atoms with van der Waals surface area (Å²) < 4.78 is 0. The molecule has 0 aromatic carbocycles. The highest BCUT2D eigenvalue weighted by Crippen LogP contribution is 2.26. The summed E-state index contributed by atoms with van der Waals surface area (Å²) in [6.45, 7) is 7.72. The van der Waals surface area contributed by atoms with Crippen LogP contribution in [0.3, 0.4) is 0 Å². The van der Waals surface area contributed by atoms with Crippen molar-refractivity contribution in [1.29, 1.82) is 0 Å². The second-order valence-electron chi connectivity index (χ2n) is 5.41. The lowest BCUT2D eigenvalue weighted by molar-refractivity contribution is 0.157. The number of hydrogen-bond donors (Lipinski definition) is 1. The SMILES string of the molecule is CCCNc1ncc(CN(CC)C2CCCCC2)s1. The predicted molar refractivity (Wildman–Crippen MR) is 83.9 cm³/mol. The van der Waals surface area contributed by atoms with Crippen LogP contribution in [0.4, 0.5) is 5.13 Å². The highest BCUT2D eigenvalue weighted by atomic mass is 32.1.